The summed E-state index contributed by atoms with van der Waals surface area (Å²) in [5.41, 5.74) is 2.85. The van der Waals surface area contributed by atoms with Crippen LogP contribution in [0.3, 0.4) is 0 Å². The lowest BCUT2D eigenvalue weighted by molar-refractivity contribution is 0.0948. The molecule has 0 bridgehead atoms. The molecule has 0 saturated carbocycles. The molecule has 0 atom stereocenters. The van der Waals surface area contributed by atoms with Crippen molar-refractivity contribution in [2.45, 2.75) is 13.3 Å². The Balaban J connectivity index is 1.20. The number of amides is 1. The van der Waals surface area contributed by atoms with Gasteiger partial charge in [-0.25, -0.2) is 9.37 Å². The van der Waals surface area contributed by atoms with Crippen LogP contribution >= 0.6 is 11.5 Å². The minimum Gasteiger partial charge on any atom is -0.351 e. The quantitative estimate of drug-likeness (QED) is 0.613. The SMILES string of the molecule is Cc1ccc(C(=O)NCCN2CCN(c3nc(Cc4ccc(F)cc4)ns3)CC2)cc1. The molecule has 0 unspecified atom stereocenters. The maximum absolute atomic E-state index is 13.1. The highest BCUT2D eigenvalue weighted by molar-refractivity contribution is 7.09. The van der Waals surface area contributed by atoms with Gasteiger partial charge in [-0.2, -0.15) is 4.37 Å². The smallest absolute Gasteiger partial charge is 0.251 e. The van der Waals surface area contributed by atoms with E-state index in [1.807, 2.05) is 31.2 Å². The molecule has 8 heteroatoms. The van der Waals surface area contributed by atoms with Crippen molar-refractivity contribution in [3.8, 4) is 0 Å². The van der Waals surface area contributed by atoms with Gasteiger partial charge in [0.05, 0.1) is 0 Å². The number of piperazine rings is 1. The Kier molecular flexibility index (Phi) is 6.89. The lowest BCUT2D eigenvalue weighted by Gasteiger charge is -2.34. The van der Waals surface area contributed by atoms with Crippen molar-refractivity contribution in [2.75, 3.05) is 44.2 Å². The molecule has 1 saturated heterocycles. The lowest BCUT2D eigenvalue weighted by Crippen LogP contribution is -2.48. The number of nitrogens with zero attached hydrogens (tertiary/aromatic N) is 4. The first-order valence-corrected chi connectivity index (χ1v) is 11.2. The van der Waals surface area contributed by atoms with E-state index in [4.69, 9.17) is 0 Å². The topological polar surface area (TPSA) is 61.4 Å². The predicted molar refractivity (Wildman–Crippen MR) is 121 cm³/mol. The van der Waals surface area contributed by atoms with Crippen molar-refractivity contribution in [3.63, 3.8) is 0 Å². The Morgan fingerprint density at radius 2 is 1.77 bits per heavy atom. The number of hydrogen-bond acceptors (Lipinski definition) is 6. The molecule has 1 aliphatic rings. The number of rotatable bonds is 7. The normalized spacial score (nSPS) is 14.6. The molecule has 0 spiro atoms. The van der Waals surface area contributed by atoms with Gasteiger partial charge in [0.1, 0.15) is 11.6 Å². The number of nitrogens with one attached hydrogen (secondary N) is 1. The number of anilines is 1. The first-order chi connectivity index (χ1) is 15.1. The number of aromatic nitrogens is 2. The Hall–Kier alpha value is -2.84. The van der Waals surface area contributed by atoms with Crippen molar-refractivity contribution in [2.24, 2.45) is 0 Å². The van der Waals surface area contributed by atoms with E-state index in [0.717, 1.165) is 54.8 Å². The number of carbonyl (C=O) groups is 1. The van der Waals surface area contributed by atoms with Gasteiger partial charge in [-0.05, 0) is 36.8 Å². The van der Waals surface area contributed by atoms with Crippen LogP contribution < -0.4 is 10.2 Å². The van der Waals surface area contributed by atoms with Crippen molar-refractivity contribution >= 4 is 22.6 Å². The van der Waals surface area contributed by atoms with Crippen LogP contribution in [0.25, 0.3) is 0 Å². The largest absolute Gasteiger partial charge is 0.351 e. The van der Waals surface area contributed by atoms with E-state index in [-0.39, 0.29) is 11.7 Å². The van der Waals surface area contributed by atoms with Crippen LogP contribution in [-0.4, -0.2) is 59.4 Å². The molecule has 162 valence electrons. The van der Waals surface area contributed by atoms with E-state index < -0.39 is 0 Å². The maximum Gasteiger partial charge on any atom is 0.251 e. The molecular weight excluding hydrogens is 413 g/mol. The number of aryl methyl sites for hydroxylation is 1. The molecule has 1 fully saturated rings. The van der Waals surface area contributed by atoms with Gasteiger partial charge < -0.3 is 10.2 Å². The summed E-state index contributed by atoms with van der Waals surface area (Å²) in [6.07, 6.45) is 0.609. The van der Waals surface area contributed by atoms with Gasteiger partial charge in [-0.15, -0.1) is 0 Å². The zero-order chi connectivity index (χ0) is 21.6. The van der Waals surface area contributed by atoms with E-state index >= 15 is 0 Å². The fourth-order valence-corrected chi connectivity index (χ4v) is 4.26. The first kappa shape index (κ1) is 21.4. The van der Waals surface area contributed by atoms with E-state index in [0.29, 0.717) is 18.5 Å². The predicted octanol–water partition coefficient (Wildman–Crippen LogP) is 3.13. The van der Waals surface area contributed by atoms with Crippen LogP contribution in [-0.2, 0) is 6.42 Å². The second-order valence-corrected chi connectivity index (χ2v) is 8.48. The van der Waals surface area contributed by atoms with Crippen molar-refractivity contribution in [1.29, 1.82) is 0 Å². The number of halogens is 1. The second kappa shape index (κ2) is 9.98. The molecule has 1 N–H and O–H groups in total. The van der Waals surface area contributed by atoms with Crippen LogP contribution in [0.1, 0.15) is 27.3 Å². The highest BCUT2D eigenvalue weighted by Crippen LogP contribution is 2.20. The number of benzene rings is 2. The third-order valence-corrected chi connectivity index (χ3v) is 6.22. The molecule has 3 aromatic rings. The van der Waals surface area contributed by atoms with Crippen molar-refractivity contribution < 1.29 is 9.18 Å². The van der Waals surface area contributed by atoms with Crippen LogP contribution in [0.15, 0.2) is 48.5 Å². The molecule has 2 aromatic carbocycles. The van der Waals surface area contributed by atoms with Crippen LogP contribution in [0, 0.1) is 12.7 Å². The van der Waals surface area contributed by atoms with Gasteiger partial charge in [0.15, 0.2) is 0 Å². The molecule has 6 nitrogen and oxygen atoms in total. The van der Waals surface area contributed by atoms with E-state index in [2.05, 4.69) is 24.5 Å². The molecule has 0 aliphatic carbocycles. The third kappa shape index (κ3) is 5.86. The molecule has 2 heterocycles. The van der Waals surface area contributed by atoms with Crippen LogP contribution in [0.2, 0.25) is 0 Å². The molecule has 0 radical (unpaired) electrons. The van der Waals surface area contributed by atoms with Gasteiger partial charge in [-0.3, -0.25) is 9.69 Å². The zero-order valence-electron chi connectivity index (χ0n) is 17.6. The lowest BCUT2D eigenvalue weighted by atomic mass is 10.1. The Morgan fingerprint density at radius 3 is 2.48 bits per heavy atom. The standard InChI is InChI=1S/C23H26FN5OS/c1-17-2-6-19(7-3-17)22(30)25-10-11-28-12-14-29(15-13-28)23-26-21(27-31-23)16-18-4-8-20(24)9-5-18/h2-9H,10-16H2,1H3,(H,25,30). The number of carbonyl (C=O) groups excluding carboxylic acids is 1. The summed E-state index contributed by atoms with van der Waals surface area (Å²) >= 11 is 1.42. The summed E-state index contributed by atoms with van der Waals surface area (Å²) in [5.74, 6) is 0.511. The van der Waals surface area contributed by atoms with Crippen LogP contribution in [0.5, 0.6) is 0 Å². The van der Waals surface area contributed by atoms with E-state index in [9.17, 15) is 9.18 Å². The Bertz CT molecular complexity index is 998. The van der Waals surface area contributed by atoms with Gasteiger partial charge in [-0.1, -0.05) is 29.8 Å². The summed E-state index contributed by atoms with van der Waals surface area (Å²) in [4.78, 5) is 21.5. The minimum absolute atomic E-state index is 0.0267. The van der Waals surface area contributed by atoms with Crippen LogP contribution in [0.4, 0.5) is 9.52 Å². The summed E-state index contributed by atoms with van der Waals surface area (Å²) in [7, 11) is 0. The van der Waals surface area contributed by atoms with Gasteiger partial charge in [0.25, 0.3) is 5.91 Å². The third-order valence-electron chi connectivity index (χ3n) is 5.40. The number of hydrogen-bond donors (Lipinski definition) is 1. The average Bonchev–Trinajstić information content (AvgIpc) is 3.25. The van der Waals surface area contributed by atoms with E-state index in [1.54, 1.807) is 12.1 Å². The average molecular weight is 440 g/mol. The van der Waals surface area contributed by atoms with E-state index in [1.165, 1.54) is 23.7 Å². The Labute approximate surface area is 185 Å². The van der Waals surface area contributed by atoms with Gasteiger partial charge >= 0.3 is 0 Å². The van der Waals surface area contributed by atoms with Crippen molar-refractivity contribution in [1.82, 2.24) is 19.6 Å². The highest BCUT2D eigenvalue weighted by atomic mass is 32.1. The molecule has 4 rings (SSSR count). The molecule has 1 amide bonds. The maximum atomic E-state index is 13.1. The van der Waals surface area contributed by atoms with Crippen molar-refractivity contribution in [3.05, 3.63) is 76.9 Å². The fraction of sp³-hybridized carbons (Fsp3) is 0.348. The molecule has 1 aromatic heterocycles. The highest BCUT2D eigenvalue weighted by Gasteiger charge is 2.20. The fourth-order valence-electron chi connectivity index (χ4n) is 3.53. The molecular formula is C23H26FN5OS. The van der Waals surface area contributed by atoms with Gasteiger partial charge in [0.2, 0.25) is 5.13 Å². The minimum atomic E-state index is -0.233. The first-order valence-electron chi connectivity index (χ1n) is 10.5. The monoisotopic (exact) mass is 439 g/mol. The summed E-state index contributed by atoms with van der Waals surface area (Å²) in [6.45, 7) is 7.09. The molecule has 1 aliphatic heterocycles. The summed E-state index contributed by atoms with van der Waals surface area (Å²) < 4.78 is 17.5. The van der Waals surface area contributed by atoms with Gasteiger partial charge in [0, 0.05) is 62.8 Å². The summed E-state index contributed by atoms with van der Waals surface area (Å²) in [6, 6.07) is 14.1. The second-order valence-electron chi connectivity index (χ2n) is 7.75. The zero-order valence-corrected chi connectivity index (χ0v) is 18.4. The molecule has 31 heavy (non-hydrogen) atoms. The Morgan fingerprint density at radius 1 is 1.06 bits per heavy atom. The summed E-state index contributed by atoms with van der Waals surface area (Å²) in [5, 5.41) is 3.94.